The first kappa shape index (κ1) is 20.5. The molecule has 2 aliphatic rings. The van der Waals surface area contributed by atoms with E-state index in [2.05, 4.69) is 5.32 Å². The number of rotatable bonds is 3. The number of hydrogen-bond donors (Lipinski definition) is 1. The molecule has 1 aromatic rings. The van der Waals surface area contributed by atoms with Gasteiger partial charge in [-0.3, -0.25) is 5.32 Å². The number of ether oxygens (including phenoxy) is 3. The minimum absolute atomic E-state index is 0.00408. The lowest BCUT2D eigenvalue weighted by atomic mass is 9.77. The van der Waals surface area contributed by atoms with Gasteiger partial charge in [-0.15, -0.1) is 0 Å². The highest BCUT2D eigenvalue weighted by atomic mass is 16.6. The lowest BCUT2D eigenvalue weighted by molar-refractivity contribution is 0.00730. The number of carbonyl (C=O) groups excluding carboxylic acids is 2. The maximum Gasteiger partial charge on any atom is 0.410 e. The van der Waals surface area contributed by atoms with Gasteiger partial charge in [0.1, 0.15) is 18.4 Å². The Morgan fingerprint density at radius 2 is 1.89 bits per heavy atom. The number of carbonyl (C=O) groups is 2. The average molecular weight is 390 g/mol. The van der Waals surface area contributed by atoms with Gasteiger partial charge in [0.2, 0.25) is 0 Å². The van der Waals surface area contributed by atoms with Gasteiger partial charge >= 0.3 is 12.2 Å². The van der Waals surface area contributed by atoms with Crippen LogP contribution in [0.5, 0.6) is 0 Å². The molecular formula is C21H30N2O5. The van der Waals surface area contributed by atoms with Gasteiger partial charge in [0.05, 0.1) is 6.61 Å². The van der Waals surface area contributed by atoms with Crippen LogP contribution in [0.2, 0.25) is 0 Å². The highest BCUT2D eigenvalue weighted by molar-refractivity contribution is 5.68. The van der Waals surface area contributed by atoms with Gasteiger partial charge in [0.15, 0.2) is 0 Å². The summed E-state index contributed by atoms with van der Waals surface area (Å²) < 4.78 is 16.5. The van der Waals surface area contributed by atoms with Gasteiger partial charge in [-0.2, -0.15) is 0 Å². The summed E-state index contributed by atoms with van der Waals surface area (Å²) in [5.74, 6) is 0. The fourth-order valence-electron chi connectivity index (χ4n) is 3.62. The predicted octanol–water partition coefficient (Wildman–Crippen LogP) is 3.68. The molecule has 1 spiro atoms. The molecule has 2 fully saturated rings. The van der Waals surface area contributed by atoms with E-state index >= 15 is 0 Å². The highest BCUT2D eigenvalue weighted by Gasteiger charge is 2.44. The van der Waals surface area contributed by atoms with Crippen LogP contribution in [-0.4, -0.2) is 48.6 Å². The second-order valence-electron chi connectivity index (χ2n) is 8.68. The van der Waals surface area contributed by atoms with Crippen molar-refractivity contribution in [1.29, 1.82) is 0 Å². The number of hydrogen-bond acceptors (Lipinski definition) is 5. The Morgan fingerprint density at radius 1 is 1.21 bits per heavy atom. The lowest BCUT2D eigenvalue weighted by Gasteiger charge is -2.38. The van der Waals surface area contributed by atoms with E-state index in [-0.39, 0.29) is 24.3 Å². The van der Waals surface area contributed by atoms with Crippen molar-refractivity contribution in [3.63, 3.8) is 0 Å². The molecule has 2 amide bonds. The molecule has 154 valence electrons. The van der Waals surface area contributed by atoms with Crippen LogP contribution in [0.15, 0.2) is 30.3 Å². The molecular weight excluding hydrogens is 360 g/mol. The van der Waals surface area contributed by atoms with Crippen molar-refractivity contribution >= 4 is 12.2 Å². The van der Waals surface area contributed by atoms with Gasteiger partial charge in [-0.1, -0.05) is 30.3 Å². The summed E-state index contributed by atoms with van der Waals surface area (Å²) in [5.41, 5.74) is 0.448. The monoisotopic (exact) mass is 390 g/mol. The second kappa shape index (κ2) is 8.39. The summed E-state index contributed by atoms with van der Waals surface area (Å²) in [6.45, 7) is 7.71. The van der Waals surface area contributed by atoms with E-state index in [1.54, 1.807) is 4.90 Å². The summed E-state index contributed by atoms with van der Waals surface area (Å²) in [5, 5.41) is 2.80. The molecule has 3 rings (SSSR count). The number of benzene rings is 1. The van der Waals surface area contributed by atoms with Crippen molar-refractivity contribution in [2.24, 2.45) is 5.41 Å². The van der Waals surface area contributed by atoms with Crippen LogP contribution in [0, 0.1) is 5.41 Å². The van der Waals surface area contributed by atoms with E-state index in [1.807, 2.05) is 51.1 Å². The SMILES string of the molecule is CC(C)(C)OC(=O)N1CCC2(CC1)COC(NC(=O)OCc1ccccc1)C2. The van der Waals surface area contributed by atoms with Crippen molar-refractivity contribution in [3.05, 3.63) is 35.9 Å². The molecule has 28 heavy (non-hydrogen) atoms. The van der Waals surface area contributed by atoms with Gasteiger partial charge in [-0.05, 0) is 39.2 Å². The molecule has 1 aromatic carbocycles. The normalized spacial score (nSPS) is 21.4. The molecule has 1 N–H and O–H groups in total. The number of nitrogens with one attached hydrogen (secondary N) is 1. The fraction of sp³-hybridized carbons (Fsp3) is 0.619. The second-order valence-corrected chi connectivity index (χ2v) is 8.68. The first-order valence-electron chi connectivity index (χ1n) is 9.82. The molecule has 0 radical (unpaired) electrons. The minimum atomic E-state index is -0.488. The molecule has 7 heteroatoms. The molecule has 7 nitrogen and oxygen atoms in total. The van der Waals surface area contributed by atoms with Crippen LogP contribution in [0.25, 0.3) is 0 Å². The highest BCUT2D eigenvalue weighted by Crippen LogP contribution is 2.41. The molecule has 2 heterocycles. The zero-order valence-corrected chi connectivity index (χ0v) is 16.9. The molecule has 2 saturated heterocycles. The Kier molecular flexibility index (Phi) is 6.13. The van der Waals surface area contributed by atoms with E-state index in [9.17, 15) is 9.59 Å². The third kappa shape index (κ3) is 5.61. The molecule has 0 aromatic heterocycles. The Morgan fingerprint density at radius 3 is 2.54 bits per heavy atom. The largest absolute Gasteiger partial charge is 0.445 e. The van der Waals surface area contributed by atoms with E-state index < -0.39 is 11.7 Å². The molecule has 2 aliphatic heterocycles. The number of nitrogens with zero attached hydrogens (tertiary/aromatic N) is 1. The molecule has 0 saturated carbocycles. The van der Waals surface area contributed by atoms with Crippen molar-refractivity contribution in [2.45, 2.75) is 58.5 Å². The zero-order valence-electron chi connectivity index (χ0n) is 16.9. The fourth-order valence-corrected chi connectivity index (χ4v) is 3.62. The van der Waals surface area contributed by atoms with Crippen molar-refractivity contribution in [1.82, 2.24) is 10.2 Å². The van der Waals surface area contributed by atoms with E-state index in [4.69, 9.17) is 14.2 Å². The number of alkyl carbamates (subject to hydrolysis) is 1. The number of likely N-dealkylation sites (tertiary alicyclic amines) is 1. The first-order valence-corrected chi connectivity index (χ1v) is 9.82. The Hall–Kier alpha value is -2.28. The van der Waals surface area contributed by atoms with Gasteiger partial charge in [0.25, 0.3) is 0 Å². The van der Waals surface area contributed by atoms with Gasteiger partial charge in [0, 0.05) is 24.9 Å². The first-order chi connectivity index (χ1) is 13.2. The van der Waals surface area contributed by atoms with Crippen LogP contribution in [0.1, 0.15) is 45.6 Å². The van der Waals surface area contributed by atoms with E-state index in [0.29, 0.717) is 19.7 Å². The zero-order chi connectivity index (χ0) is 20.2. The summed E-state index contributed by atoms with van der Waals surface area (Å²) in [7, 11) is 0. The topological polar surface area (TPSA) is 77.1 Å². The average Bonchev–Trinajstić information content (AvgIpc) is 3.02. The Balaban J connectivity index is 1.41. The summed E-state index contributed by atoms with van der Waals surface area (Å²) >= 11 is 0. The van der Waals surface area contributed by atoms with Crippen LogP contribution >= 0.6 is 0 Å². The number of amides is 2. The van der Waals surface area contributed by atoms with Crippen molar-refractivity contribution in [2.75, 3.05) is 19.7 Å². The quantitative estimate of drug-likeness (QED) is 0.852. The minimum Gasteiger partial charge on any atom is -0.445 e. The molecule has 1 unspecified atom stereocenters. The smallest absolute Gasteiger partial charge is 0.410 e. The molecule has 0 bridgehead atoms. The van der Waals surface area contributed by atoms with E-state index in [0.717, 1.165) is 24.8 Å². The standard InChI is InChI=1S/C21H30N2O5/c1-20(2,3)28-19(25)23-11-9-21(10-12-23)13-17(27-15-21)22-18(24)26-14-16-7-5-4-6-8-16/h4-8,17H,9-15H2,1-3H3,(H,22,24). The van der Waals surface area contributed by atoms with Gasteiger partial charge < -0.3 is 19.1 Å². The summed E-state index contributed by atoms with van der Waals surface area (Å²) in [6, 6.07) is 9.55. The predicted molar refractivity (Wildman–Crippen MR) is 104 cm³/mol. The van der Waals surface area contributed by atoms with Crippen LogP contribution in [0.4, 0.5) is 9.59 Å². The van der Waals surface area contributed by atoms with Gasteiger partial charge in [-0.25, -0.2) is 9.59 Å². The van der Waals surface area contributed by atoms with Crippen molar-refractivity contribution < 1.29 is 23.8 Å². The molecule has 1 atom stereocenters. The molecule has 0 aliphatic carbocycles. The third-order valence-electron chi connectivity index (χ3n) is 5.18. The number of piperidine rings is 1. The maximum absolute atomic E-state index is 12.2. The van der Waals surface area contributed by atoms with Crippen LogP contribution in [-0.2, 0) is 20.8 Å². The lowest BCUT2D eigenvalue weighted by Crippen LogP contribution is -2.45. The van der Waals surface area contributed by atoms with Crippen LogP contribution in [0.3, 0.4) is 0 Å². The Bertz CT molecular complexity index is 678. The summed E-state index contributed by atoms with van der Waals surface area (Å²) in [6.07, 6.45) is 1.32. The van der Waals surface area contributed by atoms with E-state index in [1.165, 1.54) is 0 Å². The maximum atomic E-state index is 12.2. The summed E-state index contributed by atoms with van der Waals surface area (Å²) in [4.78, 5) is 26.0. The van der Waals surface area contributed by atoms with Crippen LogP contribution < -0.4 is 5.32 Å². The van der Waals surface area contributed by atoms with Crippen molar-refractivity contribution in [3.8, 4) is 0 Å². The third-order valence-corrected chi connectivity index (χ3v) is 5.18. The Labute approximate surface area is 166 Å².